The summed E-state index contributed by atoms with van der Waals surface area (Å²) in [5.41, 5.74) is 1.49. The molecule has 0 N–H and O–H groups in total. The second-order valence-corrected chi connectivity index (χ2v) is 3.73. The first-order valence-electron chi connectivity index (χ1n) is 4.41. The molecule has 0 aliphatic carbocycles. The van der Waals surface area contributed by atoms with E-state index in [0.717, 1.165) is 6.61 Å². The lowest BCUT2D eigenvalue weighted by Crippen LogP contribution is -2.14. The van der Waals surface area contributed by atoms with Crippen molar-refractivity contribution in [2.24, 2.45) is 0 Å². The van der Waals surface area contributed by atoms with Gasteiger partial charge in [-0.2, -0.15) is 0 Å². The van der Waals surface area contributed by atoms with Gasteiger partial charge in [0, 0.05) is 5.92 Å². The molecule has 12 heavy (non-hydrogen) atoms. The highest BCUT2D eigenvalue weighted by atomic mass is 16.6. The van der Waals surface area contributed by atoms with Crippen LogP contribution in [0.1, 0.15) is 25.3 Å². The molecule has 0 bridgehead atoms. The number of epoxide rings is 1. The lowest BCUT2D eigenvalue weighted by Gasteiger charge is -2.15. The summed E-state index contributed by atoms with van der Waals surface area (Å²) in [5.74, 6) is 0.513. The highest BCUT2D eigenvalue weighted by Crippen LogP contribution is 2.40. The average Bonchev–Trinajstić information content (AvgIpc) is 2.85. The van der Waals surface area contributed by atoms with Gasteiger partial charge in [-0.15, -0.1) is 0 Å². The summed E-state index contributed by atoms with van der Waals surface area (Å²) in [7, 11) is 0. The van der Waals surface area contributed by atoms with Gasteiger partial charge in [-0.3, -0.25) is 0 Å². The fraction of sp³-hybridized carbons (Fsp3) is 0.455. The van der Waals surface area contributed by atoms with E-state index in [0.29, 0.717) is 5.92 Å². The third-order valence-electron chi connectivity index (χ3n) is 2.82. The van der Waals surface area contributed by atoms with Crippen molar-refractivity contribution in [2.45, 2.75) is 25.4 Å². The molecule has 1 nitrogen and oxygen atoms in total. The summed E-state index contributed by atoms with van der Waals surface area (Å²) < 4.78 is 5.41. The zero-order valence-corrected chi connectivity index (χ0v) is 7.58. The Morgan fingerprint density at radius 3 is 2.42 bits per heavy atom. The maximum absolute atomic E-state index is 5.41. The molecule has 1 aromatic carbocycles. The predicted molar refractivity (Wildman–Crippen MR) is 49.2 cm³/mol. The molecule has 1 fully saturated rings. The number of hydrogen-bond acceptors (Lipinski definition) is 1. The average molecular weight is 162 g/mol. The minimum absolute atomic E-state index is 0.112. The van der Waals surface area contributed by atoms with E-state index in [-0.39, 0.29) is 5.60 Å². The van der Waals surface area contributed by atoms with Crippen LogP contribution >= 0.6 is 0 Å². The molecule has 1 saturated heterocycles. The Labute approximate surface area is 73.4 Å². The van der Waals surface area contributed by atoms with Gasteiger partial charge < -0.3 is 4.74 Å². The van der Waals surface area contributed by atoms with E-state index in [4.69, 9.17) is 4.74 Å². The second kappa shape index (κ2) is 2.60. The topological polar surface area (TPSA) is 12.5 Å². The molecule has 1 aromatic rings. The minimum Gasteiger partial charge on any atom is -0.369 e. The summed E-state index contributed by atoms with van der Waals surface area (Å²) in [5, 5.41) is 0. The van der Waals surface area contributed by atoms with Gasteiger partial charge in [-0.1, -0.05) is 37.3 Å². The summed E-state index contributed by atoms with van der Waals surface area (Å²) in [6.45, 7) is 5.30. The molecule has 1 heterocycles. The largest absolute Gasteiger partial charge is 0.369 e. The zero-order valence-electron chi connectivity index (χ0n) is 7.58. The minimum atomic E-state index is 0.112. The van der Waals surface area contributed by atoms with Gasteiger partial charge in [0.05, 0.1) is 12.2 Å². The van der Waals surface area contributed by atoms with Crippen molar-refractivity contribution >= 4 is 0 Å². The first-order chi connectivity index (χ1) is 5.72. The highest BCUT2D eigenvalue weighted by molar-refractivity contribution is 5.23. The van der Waals surface area contributed by atoms with Gasteiger partial charge in [0.1, 0.15) is 0 Å². The van der Waals surface area contributed by atoms with E-state index in [1.54, 1.807) is 0 Å². The molecule has 0 aromatic heterocycles. The fourth-order valence-corrected chi connectivity index (χ4v) is 1.46. The Morgan fingerprint density at radius 2 is 1.92 bits per heavy atom. The third-order valence-corrected chi connectivity index (χ3v) is 2.82. The number of ether oxygens (including phenoxy) is 1. The van der Waals surface area contributed by atoms with Crippen LogP contribution in [0.25, 0.3) is 0 Å². The first kappa shape index (κ1) is 7.81. The van der Waals surface area contributed by atoms with Gasteiger partial charge in [0.25, 0.3) is 0 Å². The van der Waals surface area contributed by atoms with Gasteiger partial charge in [0.15, 0.2) is 0 Å². The lowest BCUT2D eigenvalue weighted by atomic mass is 9.89. The van der Waals surface area contributed by atoms with Crippen LogP contribution < -0.4 is 0 Å². The quantitative estimate of drug-likeness (QED) is 0.609. The van der Waals surface area contributed by atoms with E-state index in [9.17, 15) is 0 Å². The molecule has 0 radical (unpaired) electrons. The van der Waals surface area contributed by atoms with E-state index >= 15 is 0 Å². The fourth-order valence-electron chi connectivity index (χ4n) is 1.46. The number of rotatable bonds is 2. The predicted octanol–water partition coefficient (Wildman–Crippen LogP) is 2.58. The Hall–Kier alpha value is -0.820. The highest BCUT2D eigenvalue weighted by Gasteiger charge is 2.44. The Morgan fingerprint density at radius 1 is 1.33 bits per heavy atom. The van der Waals surface area contributed by atoms with Crippen LogP contribution in [-0.2, 0) is 4.74 Å². The van der Waals surface area contributed by atoms with Crippen LogP contribution in [0.2, 0.25) is 0 Å². The van der Waals surface area contributed by atoms with Gasteiger partial charge in [-0.25, -0.2) is 0 Å². The van der Waals surface area contributed by atoms with Crippen LogP contribution in [0.5, 0.6) is 0 Å². The van der Waals surface area contributed by atoms with E-state index < -0.39 is 0 Å². The van der Waals surface area contributed by atoms with Crippen molar-refractivity contribution in [3.8, 4) is 0 Å². The molecule has 2 unspecified atom stereocenters. The maximum atomic E-state index is 5.41. The normalized spacial score (nSPS) is 29.8. The molecular formula is C11H14O. The Kier molecular flexibility index (Phi) is 1.69. The van der Waals surface area contributed by atoms with Crippen LogP contribution in [0.3, 0.4) is 0 Å². The van der Waals surface area contributed by atoms with Crippen molar-refractivity contribution in [1.29, 1.82) is 0 Å². The van der Waals surface area contributed by atoms with Crippen molar-refractivity contribution in [3.63, 3.8) is 0 Å². The molecule has 0 saturated carbocycles. The first-order valence-corrected chi connectivity index (χ1v) is 4.41. The van der Waals surface area contributed by atoms with Gasteiger partial charge in [0.2, 0.25) is 0 Å². The lowest BCUT2D eigenvalue weighted by molar-refractivity contribution is 0.290. The van der Waals surface area contributed by atoms with Crippen molar-refractivity contribution in [2.75, 3.05) is 6.61 Å². The van der Waals surface area contributed by atoms with Crippen LogP contribution in [0, 0.1) is 0 Å². The molecule has 0 amide bonds. The molecule has 2 atom stereocenters. The number of benzene rings is 1. The Bertz CT molecular complexity index is 262. The molecule has 64 valence electrons. The van der Waals surface area contributed by atoms with Crippen molar-refractivity contribution in [3.05, 3.63) is 35.9 Å². The SMILES string of the molecule is CC(c1ccccc1)C1(C)CO1. The second-order valence-electron chi connectivity index (χ2n) is 3.73. The molecule has 2 rings (SSSR count). The van der Waals surface area contributed by atoms with Crippen molar-refractivity contribution < 1.29 is 4.74 Å². The van der Waals surface area contributed by atoms with E-state index in [1.165, 1.54) is 5.56 Å². The van der Waals surface area contributed by atoms with Crippen molar-refractivity contribution in [1.82, 2.24) is 0 Å². The summed E-state index contributed by atoms with van der Waals surface area (Å²) in [6, 6.07) is 10.5. The zero-order chi connectivity index (χ0) is 8.60. The van der Waals surface area contributed by atoms with Crippen LogP contribution in [0.15, 0.2) is 30.3 Å². The number of hydrogen-bond donors (Lipinski definition) is 0. The third kappa shape index (κ3) is 1.25. The van der Waals surface area contributed by atoms with E-state index in [1.807, 2.05) is 6.07 Å². The summed E-state index contributed by atoms with van der Waals surface area (Å²) in [6.07, 6.45) is 0. The summed E-state index contributed by atoms with van der Waals surface area (Å²) >= 11 is 0. The van der Waals surface area contributed by atoms with Crippen LogP contribution in [-0.4, -0.2) is 12.2 Å². The molecule has 1 heteroatoms. The molecule has 0 spiro atoms. The molecular weight excluding hydrogens is 148 g/mol. The molecule has 1 aliphatic heterocycles. The maximum Gasteiger partial charge on any atom is 0.0954 e. The van der Waals surface area contributed by atoms with Crippen LogP contribution in [0.4, 0.5) is 0 Å². The Balaban J connectivity index is 2.20. The van der Waals surface area contributed by atoms with E-state index in [2.05, 4.69) is 38.1 Å². The molecule has 1 aliphatic rings. The van der Waals surface area contributed by atoms with Gasteiger partial charge >= 0.3 is 0 Å². The smallest absolute Gasteiger partial charge is 0.0954 e. The standard InChI is InChI=1S/C11H14O/c1-9(11(2)8-12-11)10-6-4-3-5-7-10/h3-7,9H,8H2,1-2H3. The van der Waals surface area contributed by atoms with Gasteiger partial charge in [-0.05, 0) is 12.5 Å². The summed E-state index contributed by atoms with van der Waals surface area (Å²) in [4.78, 5) is 0. The monoisotopic (exact) mass is 162 g/mol.